The third kappa shape index (κ3) is 4.14. The van der Waals surface area contributed by atoms with Gasteiger partial charge in [-0.1, -0.05) is 13.8 Å². The van der Waals surface area contributed by atoms with Crippen molar-refractivity contribution in [2.45, 2.75) is 64.5 Å². The Labute approximate surface area is 111 Å². The quantitative estimate of drug-likeness (QED) is 0.800. The van der Waals surface area contributed by atoms with Gasteiger partial charge < -0.3 is 10.6 Å². The van der Waals surface area contributed by atoms with E-state index in [1.54, 1.807) is 0 Å². The number of halogens is 1. The molecule has 0 bridgehead atoms. The van der Waals surface area contributed by atoms with Crippen LogP contribution in [0.3, 0.4) is 0 Å². The van der Waals surface area contributed by atoms with Crippen molar-refractivity contribution < 1.29 is 4.79 Å². The highest BCUT2D eigenvalue weighted by molar-refractivity contribution is 5.85. The monoisotopic (exact) mass is 260 g/mol. The van der Waals surface area contributed by atoms with E-state index in [1.165, 1.54) is 12.8 Å². The molecule has 1 atom stereocenters. The van der Waals surface area contributed by atoms with Gasteiger partial charge >= 0.3 is 0 Å². The Balaban J connectivity index is 0.00000144. The second-order valence-corrected chi connectivity index (χ2v) is 6.10. The normalized spacial score (nSPS) is 28.5. The van der Waals surface area contributed by atoms with Gasteiger partial charge in [-0.05, 0) is 50.5 Å². The Morgan fingerprint density at radius 1 is 1.24 bits per heavy atom. The lowest BCUT2D eigenvalue weighted by atomic mass is 9.75. The SMILES string of the molecule is CC1(C)CCC(NC(=O)C2CCCN2)CC1.Cl. The molecule has 4 heteroatoms. The summed E-state index contributed by atoms with van der Waals surface area (Å²) in [7, 11) is 0. The molecule has 2 aliphatic rings. The van der Waals surface area contributed by atoms with E-state index >= 15 is 0 Å². The van der Waals surface area contributed by atoms with Crippen molar-refractivity contribution in [2.24, 2.45) is 5.41 Å². The summed E-state index contributed by atoms with van der Waals surface area (Å²) >= 11 is 0. The van der Waals surface area contributed by atoms with Crippen LogP contribution < -0.4 is 10.6 Å². The zero-order chi connectivity index (χ0) is 11.6. The molecule has 0 aromatic carbocycles. The van der Waals surface area contributed by atoms with E-state index in [0.717, 1.165) is 32.2 Å². The molecule has 1 saturated carbocycles. The molecular formula is C13H25ClN2O. The van der Waals surface area contributed by atoms with Gasteiger partial charge in [0.1, 0.15) is 0 Å². The Morgan fingerprint density at radius 3 is 2.41 bits per heavy atom. The van der Waals surface area contributed by atoms with Crippen molar-refractivity contribution in [3.63, 3.8) is 0 Å². The van der Waals surface area contributed by atoms with E-state index in [2.05, 4.69) is 24.5 Å². The van der Waals surface area contributed by atoms with E-state index in [4.69, 9.17) is 0 Å². The summed E-state index contributed by atoms with van der Waals surface area (Å²) < 4.78 is 0. The first-order chi connectivity index (χ1) is 7.57. The smallest absolute Gasteiger partial charge is 0.237 e. The molecule has 1 saturated heterocycles. The van der Waals surface area contributed by atoms with Crippen LogP contribution in [0.25, 0.3) is 0 Å². The van der Waals surface area contributed by atoms with Crippen molar-refractivity contribution in [1.82, 2.24) is 10.6 Å². The predicted molar refractivity (Wildman–Crippen MR) is 72.5 cm³/mol. The lowest BCUT2D eigenvalue weighted by Crippen LogP contribution is -2.46. The van der Waals surface area contributed by atoms with Crippen LogP contribution in [0, 0.1) is 5.41 Å². The number of carbonyl (C=O) groups excluding carboxylic acids is 1. The fourth-order valence-electron chi connectivity index (χ4n) is 2.75. The lowest BCUT2D eigenvalue weighted by molar-refractivity contribution is -0.123. The number of carbonyl (C=O) groups is 1. The van der Waals surface area contributed by atoms with Crippen LogP contribution in [0.2, 0.25) is 0 Å². The fourth-order valence-corrected chi connectivity index (χ4v) is 2.75. The summed E-state index contributed by atoms with van der Waals surface area (Å²) in [5.74, 6) is 0.224. The first-order valence-corrected chi connectivity index (χ1v) is 6.61. The highest BCUT2D eigenvalue weighted by atomic mass is 35.5. The van der Waals surface area contributed by atoms with E-state index in [1.807, 2.05) is 0 Å². The molecule has 2 rings (SSSR count). The molecule has 2 N–H and O–H groups in total. The van der Waals surface area contributed by atoms with Crippen LogP contribution in [0.4, 0.5) is 0 Å². The summed E-state index contributed by atoms with van der Waals surface area (Å²) in [6.45, 7) is 5.64. The first kappa shape index (κ1) is 14.8. The highest BCUT2D eigenvalue weighted by Crippen LogP contribution is 2.35. The number of rotatable bonds is 2. The van der Waals surface area contributed by atoms with Crippen LogP contribution in [0.15, 0.2) is 0 Å². The molecule has 17 heavy (non-hydrogen) atoms. The first-order valence-electron chi connectivity index (χ1n) is 6.61. The van der Waals surface area contributed by atoms with Gasteiger partial charge in [0.25, 0.3) is 0 Å². The van der Waals surface area contributed by atoms with Crippen molar-refractivity contribution in [3.05, 3.63) is 0 Å². The predicted octanol–water partition coefficient (Wildman–Crippen LogP) is 2.25. The summed E-state index contributed by atoms with van der Waals surface area (Å²) in [6, 6.07) is 0.498. The third-order valence-corrected chi connectivity index (χ3v) is 4.06. The average molecular weight is 261 g/mol. The van der Waals surface area contributed by atoms with E-state index in [0.29, 0.717) is 11.5 Å². The molecule has 0 aromatic heterocycles. The molecule has 0 spiro atoms. The van der Waals surface area contributed by atoms with Crippen LogP contribution in [0.1, 0.15) is 52.4 Å². The zero-order valence-corrected chi connectivity index (χ0v) is 11.7. The van der Waals surface area contributed by atoms with E-state index in [9.17, 15) is 4.79 Å². The van der Waals surface area contributed by atoms with Gasteiger partial charge in [-0.3, -0.25) is 4.79 Å². The molecule has 1 amide bonds. The molecule has 0 aromatic rings. The molecule has 3 nitrogen and oxygen atoms in total. The number of hydrogen-bond acceptors (Lipinski definition) is 2. The second kappa shape index (κ2) is 6.05. The molecule has 1 heterocycles. The average Bonchev–Trinajstić information content (AvgIpc) is 2.74. The van der Waals surface area contributed by atoms with Gasteiger partial charge in [0, 0.05) is 6.04 Å². The van der Waals surface area contributed by atoms with Gasteiger partial charge in [-0.2, -0.15) is 0 Å². The van der Waals surface area contributed by atoms with Gasteiger partial charge in [-0.25, -0.2) is 0 Å². The second-order valence-electron chi connectivity index (χ2n) is 6.10. The minimum absolute atomic E-state index is 0. The van der Waals surface area contributed by atoms with E-state index in [-0.39, 0.29) is 24.4 Å². The molecule has 1 unspecified atom stereocenters. The number of amides is 1. The van der Waals surface area contributed by atoms with Gasteiger partial charge in [0.2, 0.25) is 5.91 Å². The van der Waals surface area contributed by atoms with Crippen molar-refractivity contribution in [1.29, 1.82) is 0 Å². The number of hydrogen-bond donors (Lipinski definition) is 2. The maximum absolute atomic E-state index is 11.9. The molecular weight excluding hydrogens is 236 g/mol. The van der Waals surface area contributed by atoms with Crippen molar-refractivity contribution >= 4 is 18.3 Å². The summed E-state index contributed by atoms with van der Waals surface area (Å²) in [6.07, 6.45) is 6.89. The molecule has 1 aliphatic heterocycles. The standard InChI is InChI=1S/C13H24N2O.ClH/c1-13(2)7-5-10(6-8-13)15-12(16)11-4-3-9-14-11;/h10-11,14H,3-9H2,1-2H3,(H,15,16);1H. The molecule has 1 aliphatic carbocycles. The van der Waals surface area contributed by atoms with Crippen molar-refractivity contribution in [2.75, 3.05) is 6.54 Å². The largest absolute Gasteiger partial charge is 0.352 e. The van der Waals surface area contributed by atoms with Crippen LogP contribution in [-0.2, 0) is 4.79 Å². The van der Waals surface area contributed by atoms with Crippen molar-refractivity contribution in [3.8, 4) is 0 Å². The maximum atomic E-state index is 11.9. The van der Waals surface area contributed by atoms with Crippen LogP contribution in [-0.4, -0.2) is 24.5 Å². The summed E-state index contributed by atoms with van der Waals surface area (Å²) in [4.78, 5) is 11.9. The molecule has 0 radical (unpaired) electrons. The number of nitrogens with one attached hydrogen (secondary N) is 2. The molecule has 2 fully saturated rings. The van der Waals surface area contributed by atoms with Gasteiger partial charge in [0.15, 0.2) is 0 Å². The van der Waals surface area contributed by atoms with E-state index < -0.39 is 0 Å². The zero-order valence-electron chi connectivity index (χ0n) is 10.9. The fraction of sp³-hybridized carbons (Fsp3) is 0.923. The lowest BCUT2D eigenvalue weighted by Gasteiger charge is -2.35. The minimum atomic E-state index is 0. The van der Waals surface area contributed by atoms with Crippen LogP contribution >= 0.6 is 12.4 Å². The Kier molecular flexibility index (Phi) is 5.26. The van der Waals surface area contributed by atoms with Gasteiger partial charge in [-0.15, -0.1) is 12.4 Å². The summed E-state index contributed by atoms with van der Waals surface area (Å²) in [5, 5.41) is 6.45. The molecule has 100 valence electrons. The Hall–Kier alpha value is -0.280. The topological polar surface area (TPSA) is 41.1 Å². The van der Waals surface area contributed by atoms with Crippen LogP contribution in [0.5, 0.6) is 0 Å². The Bertz CT molecular complexity index is 252. The highest BCUT2D eigenvalue weighted by Gasteiger charge is 2.29. The summed E-state index contributed by atoms with van der Waals surface area (Å²) in [5.41, 5.74) is 0.479. The van der Waals surface area contributed by atoms with Gasteiger partial charge in [0.05, 0.1) is 6.04 Å². The Morgan fingerprint density at radius 2 is 1.88 bits per heavy atom. The third-order valence-electron chi connectivity index (χ3n) is 4.06. The minimum Gasteiger partial charge on any atom is -0.352 e. The maximum Gasteiger partial charge on any atom is 0.237 e.